The first-order valence-electron chi connectivity index (χ1n) is 13.1. The van der Waals surface area contributed by atoms with Gasteiger partial charge in [-0.25, -0.2) is 9.78 Å². The number of ketones is 1. The zero-order valence-corrected chi connectivity index (χ0v) is 23.9. The van der Waals surface area contributed by atoms with Crippen LogP contribution in [0.5, 0.6) is 11.5 Å². The van der Waals surface area contributed by atoms with Crippen molar-refractivity contribution in [3.05, 3.63) is 69.3 Å². The largest absolute Gasteiger partial charge is 0.503 e. The summed E-state index contributed by atoms with van der Waals surface area (Å²) in [6.45, 7) is 9.94. The van der Waals surface area contributed by atoms with Crippen LogP contribution in [0.2, 0.25) is 0 Å². The Morgan fingerprint density at radius 3 is 2.50 bits per heavy atom. The summed E-state index contributed by atoms with van der Waals surface area (Å²) in [4.78, 5) is 45.6. The Bertz CT molecular complexity index is 1450. The Morgan fingerprint density at radius 2 is 1.85 bits per heavy atom. The predicted molar refractivity (Wildman–Crippen MR) is 148 cm³/mol. The Balaban J connectivity index is 1.85. The predicted octanol–water partition coefficient (Wildman–Crippen LogP) is 5.89. The van der Waals surface area contributed by atoms with Crippen molar-refractivity contribution >= 4 is 34.1 Å². The minimum absolute atomic E-state index is 0.0224. The molecule has 1 amide bonds. The van der Waals surface area contributed by atoms with Crippen molar-refractivity contribution in [3.8, 4) is 11.5 Å². The minimum Gasteiger partial charge on any atom is -0.503 e. The van der Waals surface area contributed by atoms with Crippen molar-refractivity contribution in [2.45, 2.75) is 53.5 Å². The quantitative estimate of drug-likeness (QED) is 0.162. The summed E-state index contributed by atoms with van der Waals surface area (Å²) < 4.78 is 22.4. The SMILES string of the molecule is CCCCOc1ccc(C2C(C(=O)c3ccc(C)o3)=C(O)C(=O)N2c2nc(C)c(C(=O)OCC)s2)cc1OCC. The third-order valence-electron chi connectivity index (χ3n) is 6.21. The molecule has 0 aliphatic carbocycles. The van der Waals surface area contributed by atoms with Gasteiger partial charge in [0.05, 0.1) is 37.1 Å². The second-order valence-electron chi connectivity index (χ2n) is 9.05. The number of unbranched alkanes of at least 4 members (excludes halogenated alkanes) is 1. The number of Topliss-reactive ketones (excluding diaryl/α,β-unsaturated/α-hetero) is 1. The fourth-order valence-electron chi connectivity index (χ4n) is 4.32. The number of aliphatic hydroxyl groups is 1. The van der Waals surface area contributed by atoms with Gasteiger partial charge in [0.2, 0.25) is 5.78 Å². The topological polar surface area (TPSA) is 128 Å². The highest BCUT2D eigenvalue weighted by atomic mass is 32.1. The number of thiazole rings is 1. The minimum atomic E-state index is -1.09. The van der Waals surface area contributed by atoms with Gasteiger partial charge in [0.25, 0.3) is 5.91 Å². The van der Waals surface area contributed by atoms with Crippen LogP contribution in [0.3, 0.4) is 0 Å². The molecule has 1 aliphatic rings. The Labute approximate surface area is 236 Å². The van der Waals surface area contributed by atoms with E-state index in [1.165, 1.54) is 11.0 Å². The second kappa shape index (κ2) is 12.4. The van der Waals surface area contributed by atoms with Gasteiger partial charge in [0.15, 0.2) is 28.1 Å². The molecule has 10 nitrogen and oxygen atoms in total. The molecule has 0 fully saturated rings. The molecule has 0 bridgehead atoms. The number of nitrogens with zero attached hydrogens (tertiary/aromatic N) is 2. The lowest BCUT2D eigenvalue weighted by Gasteiger charge is -2.25. The van der Waals surface area contributed by atoms with Gasteiger partial charge in [-0.1, -0.05) is 30.7 Å². The number of amides is 1. The number of ether oxygens (including phenoxy) is 3. The van der Waals surface area contributed by atoms with Crippen LogP contribution in [0.25, 0.3) is 0 Å². The number of rotatable bonds is 12. The fourth-order valence-corrected chi connectivity index (χ4v) is 5.31. The molecule has 2 aromatic heterocycles. The maximum absolute atomic E-state index is 13.7. The number of carbonyl (C=O) groups is 3. The molecule has 0 radical (unpaired) electrons. The lowest BCUT2D eigenvalue weighted by atomic mass is 9.95. The van der Waals surface area contributed by atoms with Crippen molar-refractivity contribution < 1.29 is 38.1 Å². The van der Waals surface area contributed by atoms with Gasteiger partial charge in [-0.05, 0) is 63.9 Å². The van der Waals surface area contributed by atoms with Gasteiger partial charge in [-0.3, -0.25) is 14.5 Å². The Morgan fingerprint density at radius 1 is 1.07 bits per heavy atom. The zero-order chi connectivity index (χ0) is 29.0. The van der Waals surface area contributed by atoms with Crippen LogP contribution in [0.4, 0.5) is 5.13 Å². The summed E-state index contributed by atoms with van der Waals surface area (Å²) in [5.41, 5.74) is 0.661. The molecule has 1 aliphatic heterocycles. The number of aromatic nitrogens is 1. The summed E-state index contributed by atoms with van der Waals surface area (Å²) in [5.74, 6) is -1.35. The molecule has 0 saturated carbocycles. The van der Waals surface area contributed by atoms with Crippen LogP contribution in [-0.4, -0.2) is 47.6 Å². The lowest BCUT2D eigenvalue weighted by molar-refractivity contribution is -0.117. The van der Waals surface area contributed by atoms with Gasteiger partial charge >= 0.3 is 5.97 Å². The number of hydrogen-bond donors (Lipinski definition) is 1. The monoisotopic (exact) mass is 568 g/mol. The number of esters is 1. The van der Waals surface area contributed by atoms with Crippen LogP contribution < -0.4 is 14.4 Å². The van der Waals surface area contributed by atoms with Crippen LogP contribution in [0.15, 0.2) is 46.1 Å². The second-order valence-corrected chi connectivity index (χ2v) is 10.0. The molecule has 3 aromatic rings. The summed E-state index contributed by atoms with van der Waals surface area (Å²) in [6.07, 6.45) is 1.83. The van der Waals surface area contributed by atoms with Crippen molar-refractivity contribution in [1.29, 1.82) is 0 Å². The first kappa shape index (κ1) is 28.9. The average Bonchev–Trinajstić information content (AvgIpc) is 3.60. The van der Waals surface area contributed by atoms with Crippen LogP contribution in [-0.2, 0) is 9.53 Å². The number of hydrogen-bond acceptors (Lipinski definition) is 10. The zero-order valence-electron chi connectivity index (χ0n) is 23.1. The number of anilines is 1. The van der Waals surface area contributed by atoms with E-state index < -0.39 is 29.5 Å². The number of aryl methyl sites for hydroxylation is 2. The van der Waals surface area contributed by atoms with Crippen molar-refractivity contribution in [1.82, 2.24) is 4.98 Å². The molecule has 4 rings (SSSR count). The van der Waals surface area contributed by atoms with Crippen LogP contribution >= 0.6 is 11.3 Å². The molecule has 40 heavy (non-hydrogen) atoms. The highest BCUT2D eigenvalue weighted by Crippen LogP contribution is 2.45. The highest BCUT2D eigenvalue weighted by molar-refractivity contribution is 7.17. The summed E-state index contributed by atoms with van der Waals surface area (Å²) in [6, 6.07) is 7.13. The summed E-state index contributed by atoms with van der Waals surface area (Å²) in [7, 11) is 0. The molecule has 1 N–H and O–H groups in total. The maximum Gasteiger partial charge on any atom is 0.350 e. The van der Waals surface area contributed by atoms with E-state index in [9.17, 15) is 19.5 Å². The standard InChI is InChI=1S/C29H32N2O8S/c1-6-9-14-38-19-13-11-18(15-21(19)36-7-2)23-22(24(32)20-12-10-16(4)39-20)25(33)27(34)31(23)29-30-17(5)26(40-29)28(35)37-8-3/h10-13,15,23,33H,6-9,14H2,1-5H3. The van der Waals surface area contributed by atoms with E-state index in [4.69, 9.17) is 18.6 Å². The molecule has 1 unspecified atom stereocenters. The smallest absolute Gasteiger partial charge is 0.350 e. The molecular weight excluding hydrogens is 536 g/mol. The maximum atomic E-state index is 13.7. The van der Waals surface area contributed by atoms with E-state index in [1.54, 1.807) is 45.0 Å². The highest BCUT2D eigenvalue weighted by Gasteiger charge is 2.47. The number of carbonyl (C=O) groups excluding carboxylic acids is 3. The van der Waals surface area contributed by atoms with Gasteiger partial charge in [0.1, 0.15) is 10.6 Å². The normalized spacial score (nSPS) is 15.1. The van der Waals surface area contributed by atoms with Crippen molar-refractivity contribution in [2.75, 3.05) is 24.7 Å². The number of furan rings is 1. The number of aliphatic hydroxyl groups excluding tert-OH is 1. The van der Waals surface area contributed by atoms with E-state index in [2.05, 4.69) is 11.9 Å². The Kier molecular flexibility index (Phi) is 8.93. The van der Waals surface area contributed by atoms with Crippen molar-refractivity contribution in [3.63, 3.8) is 0 Å². The molecule has 0 spiro atoms. The Hall–Kier alpha value is -4.12. The first-order chi connectivity index (χ1) is 19.2. The van der Waals surface area contributed by atoms with Crippen LogP contribution in [0.1, 0.15) is 76.9 Å². The summed E-state index contributed by atoms with van der Waals surface area (Å²) >= 11 is 0.945. The molecule has 212 valence electrons. The lowest BCUT2D eigenvalue weighted by Crippen LogP contribution is -2.31. The fraction of sp³-hybridized carbons (Fsp3) is 0.379. The molecule has 1 atom stereocenters. The van der Waals surface area contributed by atoms with Crippen LogP contribution in [0, 0.1) is 13.8 Å². The van der Waals surface area contributed by atoms with Gasteiger partial charge in [-0.2, -0.15) is 0 Å². The molecule has 11 heteroatoms. The third-order valence-corrected chi connectivity index (χ3v) is 7.34. The van der Waals surface area contributed by atoms with Gasteiger partial charge < -0.3 is 23.7 Å². The van der Waals surface area contributed by atoms with E-state index in [1.807, 2.05) is 6.92 Å². The molecular formula is C29H32N2O8S. The van der Waals surface area contributed by atoms with E-state index >= 15 is 0 Å². The number of benzene rings is 1. The van der Waals surface area contributed by atoms with E-state index in [0.717, 1.165) is 24.2 Å². The molecule has 3 heterocycles. The van der Waals surface area contributed by atoms with Gasteiger partial charge in [0, 0.05) is 0 Å². The first-order valence-corrected chi connectivity index (χ1v) is 13.9. The van der Waals surface area contributed by atoms with Gasteiger partial charge in [-0.15, -0.1) is 0 Å². The molecule has 1 aromatic carbocycles. The van der Waals surface area contributed by atoms with Crippen molar-refractivity contribution in [2.24, 2.45) is 0 Å². The van der Waals surface area contributed by atoms with E-state index in [0.29, 0.717) is 41.7 Å². The summed E-state index contributed by atoms with van der Waals surface area (Å²) in [5, 5.41) is 11.2. The molecule has 0 saturated heterocycles. The average molecular weight is 569 g/mol. The van der Waals surface area contributed by atoms with E-state index in [-0.39, 0.29) is 27.9 Å². The third kappa shape index (κ3) is 5.60.